The molecule has 10 nitrogen and oxygen atoms in total. The largest absolute Gasteiger partial charge is 0.505 e. The fourth-order valence-electron chi connectivity index (χ4n) is 3.49. The maximum absolute atomic E-state index is 12.3. The van der Waals surface area contributed by atoms with Gasteiger partial charge in [-0.2, -0.15) is 8.42 Å². The van der Waals surface area contributed by atoms with Crippen LogP contribution in [0.3, 0.4) is 0 Å². The molecule has 1 amide bonds. The number of phenols is 1. The first-order valence-corrected chi connectivity index (χ1v) is 12.1. The molecule has 1 saturated carbocycles. The number of rotatable bonds is 6. The van der Waals surface area contributed by atoms with Gasteiger partial charge in [0, 0.05) is 14.1 Å². The lowest BCUT2D eigenvalue weighted by Crippen LogP contribution is -2.31. The third-order valence-electron chi connectivity index (χ3n) is 5.52. The summed E-state index contributed by atoms with van der Waals surface area (Å²) in [4.78, 5) is 18.3. The molecule has 2 aromatic rings. The van der Waals surface area contributed by atoms with Crippen molar-refractivity contribution in [2.24, 2.45) is 15.3 Å². The lowest BCUT2D eigenvalue weighted by atomic mass is 10.0. The van der Waals surface area contributed by atoms with Gasteiger partial charge >= 0.3 is 10.2 Å². The van der Waals surface area contributed by atoms with Gasteiger partial charge in [-0.3, -0.25) is 9.79 Å². The molecular formula is C22H27N5O5S. The number of benzene rings is 1. The molecule has 0 unspecified atom stereocenters. The summed E-state index contributed by atoms with van der Waals surface area (Å²) in [6, 6.07) is 6.17. The van der Waals surface area contributed by atoms with Crippen molar-refractivity contribution in [1.29, 1.82) is 0 Å². The highest BCUT2D eigenvalue weighted by Gasteiger charge is 2.37. The van der Waals surface area contributed by atoms with Crippen molar-refractivity contribution in [3.8, 4) is 5.75 Å². The van der Waals surface area contributed by atoms with E-state index in [1.165, 1.54) is 17.0 Å². The van der Waals surface area contributed by atoms with Crippen LogP contribution in [-0.2, 0) is 10.2 Å². The third-order valence-corrected chi connectivity index (χ3v) is 6.40. The number of carbonyl (C=O) groups is 1. The zero-order valence-corrected chi connectivity index (χ0v) is 19.7. The van der Waals surface area contributed by atoms with Gasteiger partial charge in [0.15, 0.2) is 17.4 Å². The van der Waals surface area contributed by atoms with E-state index in [1.54, 1.807) is 26.4 Å². The van der Waals surface area contributed by atoms with Crippen LogP contribution < -0.4 is 10.0 Å². The van der Waals surface area contributed by atoms with Crippen molar-refractivity contribution in [2.75, 3.05) is 19.4 Å². The van der Waals surface area contributed by atoms with Crippen molar-refractivity contribution in [3.63, 3.8) is 0 Å². The van der Waals surface area contributed by atoms with Gasteiger partial charge in [0.2, 0.25) is 0 Å². The molecular weight excluding hydrogens is 446 g/mol. The molecule has 2 heterocycles. The van der Waals surface area contributed by atoms with Crippen molar-refractivity contribution in [2.45, 2.75) is 38.6 Å². The smallest absolute Gasteiger partial charge is 0.345 e. The molecule has 3 N–H and O–H groups in total. The van der Waals surface area contributed by atoms with E-state index in [2.05, 4.69) is 33.3 Å². The zero-order chi connectivity index (χ0) is 23.9. The Balaban J connectivity index is 1.67. The highest BCUT2D eigenvalue weighted by molar-refractivity contribution is 7.89. The Morgan fingerprint density at radius 3 is 2.67 bits per heavy atom. The first-order chi connectivity index (χ1) is 15.6. The minimum Gasteiger partial charge on any atom is -0.505 e. The maximum Gasteiger partial charge on any atom is 0.345 e. The molecule has 1 fully saturated rings. The Morgan fingerprint density at radius 2 is 2.06 bits per heavy atom. The number of para-hydroxylation sites is 1. The van der Waals surface area contributed by atoms with Gasteiger partial charge in [0.1, 0.15) is 11.8 Å². The average molecular weight is 474 g/mol. The molecule has 176 valence electrons. The number of furan rings is 1. The van der Waals surface area contributed by atoms with Crippen LogP contribution in [0.5, 0.6) is 5.75 Å². The Bertz CT molecular complexity index is 1240. The van der Waals surface area contributed by atoms with Gasteiger partial charge < -0.3 is 19.7 Å². The number of aliphatic imine (C=N–C) groups is 1. The second-order valence-electron chi connectivity index (χ2n) is 8.74. The number of anilines is 1. The minimum absolute atomic E-state index is 0.0261. The molecule has 11 heteroatoms. The fraction of sp³-hybridized carbons (Fsp3) is 0.409. The third kappa shape index (κ3) is 4.87. The summed E-state index contributed by atoms with van der Waals surface area (Å²) in [6.07, 6.45) is 3.62. The van der Waals surface area contributed by atoms with Crippen LogP contribution in [0.2, 0.25) is 0 Å². The molecule has 1 aliphatic carbocycles. The summed E-state index contributed by atoms with van der Waals surface area (Å²) in [7, 11) is -0.860. The van der Waals surface area contributed by atoms with Crippen LogP contribution >= 0.6 is 0 Å². The Labute approximate surface area is 192 Å². The molecule has 0 bridgehead atoms. The molecule has 1 aromatic heterocycles. The second-order valence-corrected chi connectivity index (χ2v) is 10.1. The standard InChI is InChI=1S/C22H27N5O5S/c1-12(2)14-10-17(32-11-14)18(13-8-9-13)24-21-20(25-33(30,31)26-21)23-16-7-5-6-15(19(16)28)22(29)27(3)4/h5-7,10-13,18,28H,8-9H2,1-4H3,(H,23,25)(H,24,26)/t18-/m1/s1. The quantitative estimate of drug-likeness (QED) is 0.552. The summed E-state index contributed by atoms with van der Waals surface area (Å²) in [5.41, 5.74) is 1.25. The predicted molar refractivity (Wildman–Crippen MR) is 125 cm³/mol. The first-order valence-electron chi connectivity index (χ1n) is 10.7. The van der Waals surface area contributed by atoms with Crippen LogP contribution in [0.15, 0.2) is 44.3 Å². The molecule has 4 rings (SSSR count). The fourth-order valence-corrected chi connectivity index (χ4v) is 4.30. The SMILES string of the molecule is CC(C)c1coc([C@H](N=C2NS(=O)(=O)N=C2Nc2cccc(C(=O)N(C)C)c2O)C2CC2)c1. The topological polar surface area (TPSA) is 137 Å². The van der Waals surface area contributed by atoms with Crippen LogP contribution in [0.4, 0.5) is 5.69 Å². The van der Waals surface area contributed by atoms with E-state index >= 15 is 0 Å². The van der Waals surface area contributed by atoms with E-state index < -0.39 is 16.1 Å². The number of aromatic hydroxyl groups is 1. The second kappa shape index (κ2) is 8.54. The summed E-state index contributed by atoms with van der Waals surface area (Å²) in [5, 5.41) is 13.4. The highest BCUT2D eigenvalue weighted by atomic mass is 32.2. The Kier molecular flexibility index (Phi) is 5.91. The summed E-state index contributed by atoms with van der Waals surface area (Å²) < 4.78 is 36.3. The van der Waals surface area contributed by atoms with E-state index in [4.69, 9.17) is 4.42 Å². The lowest BCUT2D eigenvalue weighted by Gasteiger charge is -2.15. The number of amidine groups is 2. The van der Waals surface area contributed by atoms with Gasteiger partial charge in [-0.15, -0.1) is 4.40 Å². The van der Waals surface area contributed by atoms with Crippen molar-refractivity contribution in [1.82, 2.24) is 9.62 Å². The van der Waals surface area contributed by atoms with Crippen molar-refractivity contribution in [3.05, 3.63) is 47.4 Å². The molecule has 0 spiro atoms. The zero-order valence-electron chi connectivity index (χ0n) is 18.9. The van der Waals surface area contributed by atoms with Crippen LogP contribution in [0.1, 0.15) is 60.3 Å². The van der Waals surface area contributed by atoms with E-state index in [0.717, 1.165) is 18.4 Å². The highest BCUT2D eigenvalue weighted by Crippen LogP contribution is 2.44. The molecule has 0 radical (unpaired) electrons. The number of nitrogens with zero attached hydrogens (tertiary/aromatic N) is 3. The lowest BCUT2D eigenvalue weighted by molar-refractivity contribution is 0.0824. The number of nitrogens with one attached hydrogen (secondary N) is 2. The van der Waals surface area contributed by atoms with E-state index in [9.17, 15) is 18.3 Å². The summed E-state index contributed by atoms with van der Waals surface area (Å²) in [6.45, 7) is 4.13. The predicted octanol–water partition coefficient (Wildman–Crippen LogP) is 3.02. The first kappa shape index (κ1) is 22.8. The van der Waals surface area contributed by atoms with Crippen LogP contribution in [-0.4, -0.2) is 50.1 Å². The number of carbonyl (C=O) groups excluding carboxylic acids is 1. The number of hydrogen-bond acceptors (Lipinski definition) is 7. The number of phenolic OH excluding ortho intramolecular Hbond substituents is 1. The van der Waals surface area contributed by atoms with Crippen molar-refractivity contribution >= 4 is 33.5 Å². The molecule has 2 aliphatic rings. The van der Waals surface area contributed by atoms with E-state index in [-0.39, 0.29) is 40.6 Å². The summed E-state index contributed by atoms with van der Waals surface area (Å²) in [5.74, 6) is 0.453. The van der Waals surface area contributed by atoms with Crippen LogP contribution in [0, 0.1) is 5.92 Å². The van der Waals surface area contributed by atoms with Gasteiger partial charge in [0.25, 0.3) is 5.91 Å². The normalized spacial score (nSPS) is 19.3. The molecule has 0 saturated heterocycles. The van der Waals surface area contributed by atoms with Crippen LogP contribution in [0.25, 0.3) is 0 Å². The Hall–Kier alpha value is -3.34. The maximum atomic E-state index is 12.3. The van der Waals surface area contributed by atoms with E-state index in [1.807, 2.05) is 6.07 Å². The monoisotopic (exact) mass is 473 g/mol. The number of hydrogen-bond donors (Lipinski definition) is 3. The molecule has 1 atom stereocenters. The molecule has 33 heavy (non-hydrogen) atoms. The minimum atomic E-state index is -4.00. The van der Waals surface area contributed by atoms with E-state index in [0.29, 0.717) is 11.7 Å². The van der Waals surface area contributed by atoms with Crippen molar-refractivity contribution < 1.29 is 22.7 Å². The molecule has 1 aliphatic heterocycles. The van der Waals surface area contributed by atoms with Gasteiger partial charge in [0.05, 0.1) is 17.5 Å². The van der Waals surface area contributed by atoms with Gasteiger partial charge in [-0.25, -0.2) is 4.72 Å². The molecule has 1 aromatic carbocycles. The number of amides is 1. The van der Waals surface area contributed by atoms with Gasteiger partial charge in [-0.05, 0) is 48.4 Å². The summed E-state index contributed by atoms with van der Waals surface area (Å²) >= 11 is 0. The van der Waals surface area contributed by atoms with Gasteiger partial charge in [-0.1, -0.05) is 19.9 Å². The average Bonchev–Trinajstić information content (AvgIpc) is 3.37. The Morgan fingerprint density at radius 1 is 1.33 bits per heavy atom.